The molecule has 0 aliphatic rings. The van der Waals surface area contributed by atoms with E-state index in [9.17, 15) is 9.18 Å². The number of H-pyrrole nitrogens is 1. The first-order valence-corrected chi connectivity index (χ1v) is 10.3. The van der Waals surface area contributed by atoms with E-state index in [0.717, 1.165) is 33.2 Å². The largest absolute Gasteiger partial charge is 0.308 e. The highest BCUT2D eigenvalue weighted by Crippen LogP contribution is 2.30. The number of hydrogen-bond acceptors (Lipinski definition) is 2. The van der Waals surface area contributed by atoms with Crippen molar-refractivity contribution >= 4 is 22.6 Å². The lowest BCUT2D eigenvalue weighted by molar-refractivity contribution is -0.116. The molecule has 4 nitrogen and oxygen atoms in total. The molecule has 0 saturated carbocycles. The van der Waals surface area contributed by atoms with Crippen LogP contribution in [0.25, 0.3) is 22.0 Å². The minimum Gasteiger partial charge on any atom is -0.308 e. The van der Waals surface area contributed by atoms with Crippen LogP contribution in [0.1, 0.15) is 17.0 Å². The Balaban J connectivity index is 1.47. The number of aromatic nitrogens is 2. The van der Waals surface area contributed by atoms with Crippen LogP contribution in [0.2, 0.25) is 0 Å². The van der Waals surface area contributed by atoms with Crippen LogP contribution >= 0.6 is 0 Å². The van der Waals surface area contributed by atoms with Crippen LogP contribution in [0.3, 0.4) is 0 Å². The van der Waals surface area contributed by atoms with Crippen molar-refractivity contribution < 1.29 is 9.18 Å². The minimum atomic E-state index is -0.462. The SMILES string of the molecule is O=C(Nc1n[nH]c2cc(-c3cccc(F)c3)ccc12)C(c1ccccc1)c1ccccc1. The normalized spacial score (nSPS) is 11.1. The number of halogens is 1. The van der Waals surface area contributed by atoms with Crippen molar-refractivity contribution in [2.24, 2.45) is 0 Å². The van der Waals surface area contributed by atoms with E-state index in [2.05, 4.69) is 15.5 Å². The number of carbonyl (C=O) groups is 1. The van der Waals surface area contributed by atoms with E-state index in [0.29, 0.717) is 5.82 Å². The number of nitrogens with one attached hydrogen (secondary N) is 2. The van der Waals surface area contributed by atoms with Gasteiger partial charge in [-0.2, -0.15) is 5.10 Å². The Morgan fingerprint density at radius 3 is 2.09 bits per heavy atom. The van der Waals surface area contributed by atoms with Gasteiger partial charge < -0.3 is 5.32 Å². The van der Waals surface area contributed by atoms with Gasteiger partial charge in [0, 0.05) is 5.39 Å². The fourth-order valence-corrected chi connectivity index (χ4v) is 3.94. The van der Waals surface area contributed by atoms with Gasteiger partial charge in [0.1, 0.15) is 5.82 Å². The zero-order chi connectivity index (χ0) is 21.9. The van der Waals surface area contributed by atoms with Crippen molar-refractivity contribution in [3.8, 4) is 11.1 Å². The number of amides is 1. The molecule has 0 fully saturated rings. The molecule has 2 N–H and O–H groups in total. The summed E-state index contributed by atoms with van der Waals surface area (Å²) in [5.74, 6) is -0.443. The molecule has 1 amide bonds. The average Bonchev–Trinajstić information content (AvgIpc) is 3.22. The molecular formula is C27H20FN3O. The molecule has 0 spiro atoms. The predicted molar refractivity (Wildman–Crippen MR) is 125 cm³/mol. The van der Waals surface area contributed by atoms with Crippen molar-refractivity contribution in [2.45, 2.75) is 5.92 Å². The molecule has 0 unspecified atom stereocenters. The van der Waals surface area contributed by atoms with Crippen LogP contribution in [0, 0.1) is 5.82 Å². The second-order valence-electron chi connectivity index (χ2n) is 7.59. The van der Waals surface area contributed by atoms with Gasteiger partial charge in [-0.1, -0.05) is 78.9 Å². The van der Waals surface area contributed by atoms with Gasteiger partial charge in [-0.15, -0.1) is 0 Å². The Morgan fingerprint density at radius 1 is 0.781 bits per heavy atom. The van der Waals surface area contributed by atoms with Gasteiger partial charge in [-0.05, 0) is 46.5 Å². The lowest BCUT2D eigenvalue weighted by atomic mass is 9.90. The van der Waals surface area contributed by atoms with Gasteiger partial charge in [0.2, 0.25) is 5.91 Å². The molecule has 0 radical (unpaired) electrons. The number of hydrogen-bond donors (Lipinski definition) is 2. The maximum absolute atomic E-state index is 13.6. The zero-order valence-electron chi connectivity index (χ0n) is 17.1. The van der Waals surface area contributed by atoms with Gasteiger partial charge in [-0.3, -0.25) is 9.89 Å². The summed E-state index contributed by atoms with van der Waals surface area (Å²) in [5, 5.41) is 11.1. The summed E-state index contributed by atoms with van der Waals surface area (Å²) in [6.45, 7) is 0. The summed E-state index contributed by atoms with van der Waals surface area (Å²) in [5.41, 5.74) is 4.22. The van der Waals surface area contributed by atoms with E-state index < -0.39 is 5.92 Å². The average molecular weight is 421 g/mol. The number of anilines is 1. The molecule has 5 rings (SSSR count). The van der Waals surface area contributed by atoms with Gasteiger partial charge in [0.05, 0.1) is 11.4 Å². The fourth-order valence-electron chi connectivity index (χ4n) is 3.94. The van der Waals surface area contributed by atoms with Crippen molar-refractivity contribution in [1.29, 1.82) is 0 Å². The molecule has 32 heavy (non-hydrogen) atoms. The molecule has 0 atom stereocenters. The zero-order valence-corrected chi connectivity index (χ0v) is 17.1. The first-order chi connectivity index (χ1) is 15.7. The van der Waals surface area contributed by atoms with E-state index in [1.165, 1.54) is 12.1 Å². The first kappa shape index (κ1) is 19.7. The van der Waals surface area contributed by atoms with Gasteiger partial charge in [-0.25, -0.2) is 4.39 Å². The monoisotopic (exact) mass is 421 g/mol. The van der Waals surface area contributed by atoms with Crippen LogP contribution in [0.5, 0.6) is 0 Å². The summed E-state index contributed by atoms with van der Waals surface area (Å²) in [6, 6.07) is 31.5. The third-order valence-corrected chi connectivity index (χ3v) is 5.49. The van der Waals surface area contributed by atoms with Crippen molar-refractivity contribution in [3.05, 3.63) is 120 Å². The van der Waals surface area contributed by atoms with Crippen LogP contribution in [-0.2, 0) is 4.79 Å². The van der Waals surface area contributed by atoms with Crippen molar-refractivity contribution in [2.75, 3.05) is 5.32 Å². The highest BCUT2D eigenvalue weighted by atomic mass is 19.1. The molecule has 0 saturated heterocycles. The summed E-state index contributed by atoms with van der Waals surface area (Å²) in [4.78, 5) is 13.4. The number of rotatable bonds is 5. The number of carbonyl (C=O) groups excluding carboxylic acids is 1. The topological polar surface area (TPSA) is 57.8 Å². The second kappa shape index (κ2) is 8.47. The quantitative estimate of drug-likeness (QED) is 0.358. The molecule has 0 aliphatic heterocycles. The van der Waals surface area contributed by atoms with E-state index >= 15 is 0 Å². The molecular weight excluding hydrogens is 401 g/mol. The lowest BCUT2D eigenvalue weighted by Gasteiger charge is -2.17. The minimum absolute atomic E-state index is 0.162. The molecule has 0 bridgehead atoms. The molecule has 5 heteroatoms. The Kier molecular flexibility index (Phi) is 5.22. The second-order valence-corrected chi connectivity index (χ2v) is 7.59. The summed E-state index contributed by atoms with van der Waals surface area (Å²) in [7, 11) is 0. The molecule has 4 aromatic carbocycles. The van der Waals surface area contributed by atoms with Crippen molar-refractivity contribution in [3.63, 3.8) is 0 Å². The van der Waals surface area contributed by atoms with Crippen LogP contribution in [0.4, 0.5) is 10.2 Å². The van der Waals surface area contributed by atoms with Crippen molar-refractivity contribution in [1.82, 2.24) is 10.2 Å². The summed E-state index contributed by atoms with van der Waals surface area (Å²) >= 11 is 0. The molecule has 1 heterocycles. The number of nitrogens with zero attached hydrogens (tertiary/aromatic N) is 1. The summed E-state index contributed by atoms with van der Waals surface area (Å²) in [6.07, 6.45) is 0. The third-order valence-electron chi connectivity index (χ3n) is 5.49. The maximum Gasteiger partial charge on any atom is 0.237 e. The smallest absolute Gasteiger partial charge is 0.237 e. The van der Waals surface area contributed by atoms with Gasteiger partial charge in [0.25, 0.3) is 0 Å². The van der Waals surface area contributed by atoms with E-state index in [-0.39, 0.29) is 11.7 Å². The maximum atomic E-state index is 13.6. The lowest BCUT2D eigenvalue weighted by Crippen LogP contribution is -2.22. The highest BCUT2D eigenvalue weighted by molar-refractivity contribution is 6.04. The Labute approximate surface area is 184 Å². The van der Waals surface area contributed by atoms with Gasteiger partial charge in [0.15, 0.2) is 5.82 Å². The van der Waals surface area contributed by atoms with Crippen LogP contribution < -0.4 is 5.32 Å². The van der Waals surface area contributed by atoms with E-state index in [1.807, 2.05) is 84.9 Å². The number of benzene rings is 4. The summed E-state index contributed by atoms with van der Waals surface area (Å²) < 4.78 is 13.6. The van der Waals surface area contributed by atoms with Gasteiger partial charge >= 0.3 is 0 Å². The first-order valence-electron chi connectivity index (χ1n) is 10.3. The molecule has 156 valence electrons. The highest BCUT2D eigenvalue weighted by Gasteiger charge is 2.24. The number of aromatic amines is 1. The number of fused-ring (bicyclic) bond motifs is 1. The fraction of sp³-hybridized carbons (Fsp3) is 0.0370. The van der Waals surface area contributed by atoms with E-state index in [4.69, 9.17) is 0 Å². The molecule has 5 aromatic rings. The third kappa shape index (κ3) is 3.88. The van der Waals surface area contributed by atoms with Crippen LogP contribution in [0.15, 0.2) is 103 Å². The van der Waals surface area contributed by atoms with Crippen LogP contribution in [-0.4, -0.2) is 16.1 Å². The Hall–Kier alpha value is -4.25. The van der Waals surface area contributed by atoms with E-state index in [1.54, 1.807) is 6.07 Å². The standard InChI is InChI=1S/C27H20FN3O/c28-22-13-7-12-20(16-22)21-14-15-23-24(17-21)30-31-26(23)29-27(32)25(18-8-3-1-4-9-18)19-10-5-2-6-11-19/h1-17,25H,(H2,29,30,31,32). The Morgan fingerprint density at radius 2 is 1.44 bits per heavy atom. The predicted octanol–water partition coefficient (Wildman–Crippen LogP) is 6.14. The molecule has 0 aliphatic carbocycles. The Bertz CT molecular complexity index is 1340. The molecule has 1 aromatic heterocycles.